The molecule has 0 fully saturated rings. The van der Waals surface area contributed by atoms with Crippen molar-refractivity contribution >= 4 is 23.2 Å². The van der Waals surface area contributed by atoms with Crippen LogP contribution in [0.2, 0.25) is 0 Å². The van der Waals surface area contributed by atoms with Gasteiger partial charge in [-0.2, -0.15) is 0 Å². The first-order chi connectivity index (χ1) is 23.8. The van der Waals surface area contributed by atoms with E-state index in [0.29, 0.717) is 72.2 Å². The van der Waals surface area contributed by atoms with E-state index in [1.165, 1.54) is 47.6 Å². The lowest BCUT2D eigenvalue weighted by Crippen LogP contribution is -2.36. The standard InChI is InChI=1S/C37H34FN5O6/c1-23-31-19-33(41(23)2)32-18-25(38)6-11-30(32)35(45)42-13-12-29-24(22-42)4-3-5-34(29)48-16-14-47-15-17-49-37-39-20-27(21-40-37)43(36(31)46)26-7-9-28(44)10-8-26/h3-11,18-21,44H,12-17,22H2,1-2H3. The molecule has 3 aromatic carbocycles. The number of phenols is 1. The Morgan fingerprint density at radius 1 is 0.816 bits per heavy atom. The van der Waals surface area contributed by atoms with Gasteiger partial charge in [0.15, 0.2) is 0 Å². The molecular weight excluding hydrogens is 629 g/mol. The zero-order valence-corrected chi connectivity index (χ0v) is 27.1. The Hall–Kier alpha value is -5.75. The highest BCUT2D eigenvalue weighted by Crippen LogP contribution is 2.35. The number of aromatic hydroxyl groups is 1. The number of rotatable bonds is 1. The smallest absolute Gasteiger partial charge is 0.316 e. The third kappa shape index (κ3) is 6.30. The van der Waals surface area contributed by atoms with Gasteiger partial charge in [-0.05, 0) is 73.5 Å². The SMILES string of the molecule is Cc1c2cc(n1C)-c1cc(F)ccc1C(=O)N1CCc3c(cccc3OCCOCCOc3ncc(cn3)N(c3ccc(O)cc3)C2=O)C1. The van der Waals surface area contributed by atoms with E-state index in [2.05, 4.69) is 9.97 Å². The minimum absolute atomic E-state index is 0.0371. The molecule has 5 aromatic rings. The van der Waals surface area contributed by atoms with E-state index in [1.54, 1.807) is 41.6 Å². The van der Waals surface area contributed by atoms with Gasteiger partial charge in [-0.25, -0.2) is 14.4 Å². The highest BCUT2D eigenvalue weighted by Gasteiger charge is 2.29. The molecule has 5 aliphatic heterocycles. The molecule has 8 bridgehead atoms. The number of ether oxygens (including phenoxy) is 3. The minimum Gasteiger partial charge on any atom is -0.508 e. The number of halogens is 1. The Morgan fingerprint density at radius 3 is 2.35 bits per heavy atom. The van der Waals surface area contributed by atoms with Gasteiger partial charge in [0.25, 0.3) is 11.8 Å². The Labute approximate surface area is 282 Å². The lowest BCUT2D eigenvalue weighted by atomic mass is 9.96. The number of benzene rings is 3. The fraction of sp³-hybridized carbons (Fsp3) is 0.243. The quantitative estimate of drug-likeness (QED) is 0.246. The average molecular weight is 664 g/mol. The van der Waals surface area contributed by atoms with Gasteiger partial charge in [0.05, 0.1) is 36.9 Å². The molecule has 0 aliphatic carbocycles. The van der Waals surface area contributed by atoms with Crippen LogP contribution in [0.25, 0.3) is 11.3 Å². The lowest BCUT2D eigenvalue weighted by molar-refractivity contribution is 0.0716. The molecule has 10 rings (SSSR count). The predicted molar refractivity (Wildman–Crippen MR) is 179 cm³/mol. The van der Waals surface area contributed by atoms with Crippen LogP contribution >= 0.6 is 0 Å². The number of carbonyl (C=O) groups is 2. The highest BCUT2D eigenvalue weighted by atomic mass is 19.1. The summed E-state index contributed by atoms with van der Waals surface area (Å²) in [7, 11) is 1.77. The molecule has 7 heterocycles. The van der Waals surface area contributed by atoms with Gasteiger partial charge >= 0.3 is 6.01 Å². The molecule has 250 valence electrons. The molecule has 0 saturated carbocycles. The maximum atomic E-state index is 14.9. The van der Waals surface area contributed by atoms with Gasteiger partial charge in [0.1, 0.15) is 30.5 Å². The van der Waals surface area contributed by atoms with Crippen molar-refractivity contribution in [2.45, 2.75) is 19.9 Å². The maximum Gasteiger partial charge on any atom is 0.316 e. The van der Waals surface area contributed by atoms with Crippen molar-refractivity contribution < 1.29 is 33.3 Å². The third-order valence-corrected chi connectivity index (χ3v) is 8.89. The van der Waals surface area contributed by atoms with Crippen LogP contribution in [0.3, 0.4) is 0 Å². The molecule has 1 N–H and O–H groups in total. The monoisotopic (exact) mass is 663 g/mol. The second-order valence-corrected chi connectivity index (χ2v) is 11.8. The second kappa shape index (κ2) is 13.4. The number of nitrogens with zero attached hydrogens (tertiary/aromatic N) is 5. The maximum absolute atomic E-state index is 14.9. The molecule has 0 atom stereocenters. The van der Waals surface area contributed by atoms with Crippen molar-refractivity contribution in [2.75, 3.05) is 37.9 Å². The first-order valence-electron chi connectivity index (χ1n) is 15.9. The van der Waals surface area contributed by atoms with E-state index in [-0.39, 0.29) is 30.9 Å². The van der Waals surface area contributed by atoms with E-state index in [0.717, 1.165) is 16.9 Å². The molecule has 0 radical (unpaired) electrons. The topological polar surface area (TPSA) is 119 Å². The zero-order valence-electron chi connectivity index (χ0n) is 27.1. The second-order valence-electron chi connectivity index (χ2n) is 11.8. The number of aromatic nitrogens is 3. The van der Waals surface area contributed by atoms with Crippen LogP contribution in [-0.4, -0.2) is 69.3 Å². The van der Waals surface area contributed by atoms with Gasteiger partial charge < -0.3 is 28.8 Å². The van der Waals surface area contributed by atoms with Crippen molar-refractivity contribution in [2.24, 2.45) is 7.05 Å². The van der Waals surface area contributed by atoms with Gasteiger partial charge in [0.2, 0.25) is 0 Å². The van der Waals surface area contributed by atoms with E-state index < -0.39 is 11.7 Å². The van der Waals surface area contributed by atoms with E-state index >= 15 is 0 Å². The first kappa shape index (κ1) is 31.8. The van der Waals surface area contributed by atoms with Crippen LogP contribution in [0.15, 0.2) is 79.1 Å². The summed E-state index contributed by atoms with van der Waals surface area (Å²) in [6.45, 7) is 3.78. The fourth-order valence-corrected chi connectivity index (χ4v) is 6.25. The van der Waals surface area contributed by atoms with Gasteiger partial charge in [-0.1, -0.05) is 12.1 Å². The Bertz CT molecular complexity index is 2030. The van der Waals surface area contributed by atoms with E-state index in [1.807, 2.05) is 18.2 Å². The summed E-state index contributed by atoms with van der Waals surface area (Å²) >= 11 is 0. The summed E-state index contributed by atoms with van der Waals surface area (Å²) in [5.74, 6) is -0.374. The first-order valence-corrected chi connectivity index (χ1v) is 15.9. The molecule has 0 unspecified atom stereocenters. The molecule has 5 aliphatic rings. The molecule has 0 spiro atoms. The summed E-state index contributed by atoms with van der Waals surface area (Å²) in [5.41, 5.74) is 4.93. The summed E-state index contributed by atoms with van der Waals surface area (Å²) in [6, 6.07) is 17.9. The number of phenolic OH excluding ortho intramolecular Hbond substituents is 1. The predicted octanol–water partition coefficient (Wildman–Crippen LogP) is 5.60. The van der Waals surface area contributed by atoms with Gasteiger partial charge in [-0.15, -0.1) is 0 Å². The number of hydrogen-bond acceptors (Lipinski definition) is 8. The normalized spacial score (nSPS) is 15.4. The van der Waals surface area contributed by atoms with Gasteiger partial charge in [-0.3, -0.25) is 14.5 Å². The Kier molecular flexibility index (Phi) is 8.70. The zero-order chi connectivity index (χ0) is 34.1. The van der Waals surface area contributed by atoms with Gasteiger partial charge in [0, 0.05) is 53.9 Å². The molecule has 2 amide bonds. The van der Waals surface area contributed by atoms with Crippen LogP contribution in [0, 0.1) is 12.7 Å². The Morgan fingerprint density at radius 2 is 1.57 bits per heavy atom. The highest BCUT2D eigenvalue weighted by molar-refractivity contribution is 6.12. The molecule has 11 nitrogen and oxygen atoms in total. The number of amides is 2. The van der Waals surface area contributed by atoms with Crippen molar-refractivity contribution in [1.82, 2.24) is 19.4 Å². The largest absolute Gasteiger partial charge is 0.508 e. The van der Waals surface area contributed by atoms with E-state index in [4.69, 9.17) is 14.2 Å². The molecular formula is C37H34FN5O6. The third-order valence-electron chi connectivity index (χ3n) is 8.89. The van der Waals surface area contributed by atoms with Crippen molar-refractivity contribution in [3.05, 3.63) is 113 Å². The van der Waals surface area contributed by atoms with E-state index in [9.17, 15) is 19.1 Å². The molecule has 49 heavy (non-hydrogen) atoms. The van der Waals surface area contributed by atoms with Crippen LogP contribution in [0.4, 0.5) is 15.8 Å². The molecule has 2 aromatic heterocycles. The number of hydrogen-bond donors (Lipinski definition) is 1. The summed E-state index contributed by atoms with van der Waals surface area (Å²) < 4.78 is 34.1. The lowest BCUT2D eigenvalue weighted by Gasteiger charge is -2.30. The van der Waals surface area contributed by atoms with Crippen LogP contribution in [0.1, 0.15) is 37.5 Å². The molecule has 0 saturated heterocycles. The Balaban J connectivity index is 1.32. The van der Waals surface area contributed by atoms with Crippen LogP contribution in [0.5, 0.6) is 17.5 Å². The molecule has 12 heteroatoms. The number of carbonyl (C=O) groups excluding carboxylic acids is 2. The van der Waals surface area contributed by atoms with Crippen LogP contribution < -0.4 is 14.4 Å². The average Bonchev–Trinajstić information content (AvgIpc) is 3.41. The number of anilines is 2. The fourth-order valence-electron chi connectivity index (χ4n) is 6.25. The van der Waals surface area contributed by atoms with Crippen molar-refractivity contribution in [1.29, 1.82) is 0 Å². The van der Waals surface area contributed by atoms with Crippen LogP contribution in [-0.2, 0) is 24.8 Å². The summed E-state index contributed by atoms with van der Waals surface area (Å²) in [6.07, 6.45) is 3.54. The van der Waals surface area contributed by atoms with Crippen molar-refractivity contribution in [3.8, 4) is 28.8 Å². The minimum atomic E-state index is -0.508. The van der Waals surface area contributed by atoms with Crippen molar-refractivity contribution in [3.63, 3.8) is 0 Å². The summed E-state index contributed by atoms with van der Waals surface area (Å²) in [4.78, 5) is 40.4. The summed E-state index contributed by atoms with van der Waals surface area (Å²) in [5, 5.41) is 9.96.